The maximum atomic E-state index is 12.8. The Kier molecular flexibility index (Phi) is 4.64. The molecule has 1 aromatic heterocycles. The summed E-state index contributed by atoms with van der Waals surface area (Å²) in [6.45, 7) is 1.41. The second-order valence-corrected chi connectivity index (χ2v) is 4.83. The lowest BCUT2D eigenvalue weighted by Gasteiger charge is -2.26. The fourth-order valence-corrected chi connectivity index (χ4v) is 2.28. The Labute approximate surface area is 115 Å². The second-order valence-electron chi connectivity index (χ2n) is 4.83. The number of hydrazine groups is 1. The lowest BCUT2D eigenvalue weighted by Crippen LogP contribution is -2.29. The van der Waals surface area contributed by atoms with E-state index >= 15 is 0 Å². The Morgan fingerprint density at radius 3 is 2.20 bits per heavy atom. The summed E-state index contributed by atoms with van der Waals surface area (Å²) < 4.78 is 38.5. The van der Waals surface area contributed by atoms with Crippen molar-refractivity contribution in [2.45, 2.75) is 38.3 Å². The van der Waals surface area contributed by atoms with Crippen LogP contribution in [0.3, 0.4) is 0 Å². The molecule has 1 aromatic rings. The number of hydrogen-bond donors (Lipinski definition) is 2. The van der Waals surface area contributed by atoms with Crippen LogP contribution in [-0.4, -0.2) is 23.1 Å². The normalized spacial score (nSPS) is 17.5. The van der Waals surface area contributed by atoms with E-state index in [0.717, 1.165) is 31.7 Å². The van der Waals surface area contributed by atoms with Crippen molar-refractivity contribution in [2.24, 2.45) is 5.84 Å². The number of nitrogens with two attached hydrogens (primary N) is 1. The molecule has 1 aliphatic rings. The van der Waals surface area contributed by atoms with Crippen LogP contribution in [0.4, 0.5) is 24.9 Å². The second kappa shape index (κ2) is 6.25. The molecule has 0 amide bonds. The smallest absolute Gasteiger partial charge is 0.356 e. The van der Waals surface area contributed by atoms with Crippen LogP contribution < -0.4 is 16.2 Å². The summed E-state index contributed by atoms with van der Waals surface area (Å²) in [5, 5.41) is 0. The highest BCUT2D eigenvalue weighted by Crippen LogP contribution is 2.30. The van der Waals surface area contributed by atoms with Gasteiger partial charge in [-0.05, 0) is 12.8 Å². The number of nitrogens with zero attached hydrogens (tertiary/aromatic N) is 3. The topological polar surface area (TPSA) is 67.1 Å². The fourth-order valence-electron chi connectivity index (χ4n) is 2.28. The van der Waals surface area contributed by atoms with Crippen LogP contribution in [0.15, 0.2) is 6.07 Å². The predicted octanol–water partition coefficient (Wildman–Crippen LogP) is 2.55. The zero-order valence-corrected chi connectivity index (χ0v) is 11.1. The first-order chi connectivity index (χ1) is 9.50. The zero-order valence-electron chi connectivity index (χ0n) is 11.1. The van der Waals surface area contributed by atoms with E-state index < -0.39 is 11.9 Å². The summed E-state index contributed by atoms with van der Waals surface area (Å²) in [4.78, 5) is 9.27. The number of hydrogen-bond acceptors (Lipinski definition) is 5. The number of anilines is 2. The molecule has 1 saturated heterocycles. The van der Waals surface area contributed by atoms with Crippen LogP contribution in [-0.2, 0) is 6.18 Å². The highest BCUT2D eigenvalue weighted by Gasteiger charge is 2.34. The quantitative estimate of drug-likeness (QED) is 0.647. The summed E-state index contributed by atoms with van der Waals surface area (Å²) >= 11 is 0. The third-order valence-corrected chi connectivity index (χ3v) is 3.31. The Bertz CT molecular complexity index is 441. The van der Waals surface area contributed by atoms with Gasteiger partial charge in [0.15, 0.2) is 5.69 Å². The van der Waals surface area contributed by atoms with E-state index in [1.54, 1.807) is 0 Å². The fraction of sp³-hybridized carbons (Fsp3) is 0.667. The monoisotopic (exact) mass is 289 g/mol. The number of rotatable bonds is 2. The highest BCUT2D eigenvalue weighted by molar-refractivity contribution is 5.45. The third kappa shape index (κ3) is 3.72. The zero-order chi connectivity index (χ0) is 14.6. The summed E-state index contributed by atoms with van der Waals surface area (Å²) in [5.41, 5.74) is 1.12. The molecule has 3 N–H and O–H groups in total. The van der Waals surface area contributed by atoms with Gasteiger partial charge < -0.3 is 4.90 Å². The molecule has 0 unspecified atom stereocenters. The Morgan fingerprint density at radius 1 is 1.05 bits per heavy atom. The van der Waals surface area contributed by atoms with Gasteiger partial charge in [-0.15, -0.1) is 0 Å². The van der Waals surface area contributed by atoms with Gasteiger partial charge >= 0.3 is 6.18 Å². The first-order valence-corrected chi connectivity index (χ1v) is 6.68. The van der Waals surface area contributed by atoms with E-state index in [-0.39, 0.29) is 11.8 Å². The van der Waals surface area contributed by atoms with Crippen molar-refractivity contribution in [3.63, 3.8) is 0 Å². The molecule has 0 bridgehead atoms. The van der Waals surface area contributed by atoms with Crippen molar-refractivity contribution < 1.29 is 13.2 Å². The minimum atomic E-state index is -4.51. The molecule has 0 aromatic carbocycles. The van der Waals surface area contributed by atoms with Gasteiger partial charge in [0.1, 0.15) is 5.82 Å². The molecule has 0 atom stereocenters. The summed E-state index contributed by atoms with van der Waals surface area (Å²) in [5.74, 6) is 5.22. The van der Waals surface area contributed by atoms with E-state index in [1.165, 1.54) is 6.42 Å². The van der Waals surface area contributed by atoms with E-state index in [2.05, 4.69) is 15.4 Å². The molecular formula is C12H18F3N5. The molecule has 20 heavy (non-hydrogen) atoms. The third-order valence-electron chi connectivity index (χ3n) is 3.31. The lowest BCUT2D eigenvalue weighted by atomic mass is 10.1. The largest absolute Gasteiger partial charge is 0.433 e. The van der Waals surface area contributed by atoms with Crippen molar-refractivity contribution >= 4 is 11.8 Å². The van der Waals surface area contributed by atoms with Crippen LogP contribution >= 0.6 is 0 Å². The van der Waals surface area contributed by atoms with Crippen molar-refractivity contribution in [3.05, 3.63) is 11.8 Å². The maximum Gasteiger partial charge on any atom is 0.433 e. The van der Waals surface area contributed by atoms with Gasteiger partial charge in [-0.1, -0.05) is 19.3 Å². The van der Waals surface area contributed by atoms with Crippen LogP contribution in [0.5, 0.6) is 0 Å². The van der Waals surface area contributed by atoms with E-state index in [1.807, 2.05) is 4.90 Å². The summed E-state index contributed by atoms with van der Waals surface area (Å²) in [7, 11) is 0. The van der Waals surface area contributed by atoms with Crippen LogP contribution in [0, 0.1) is 0 Å². The van der Waals surface area contributed by atoms with Crippen molar-refractivity contribution in [2.75, 3.05) is 23.4 Å². The Hall–Kier alpha value is -1.57. The minimum absolute atomic E-state index is 0.211. The standard InChI is InChI=1S/C12H18F3N5/c13-12(14,15)9-8-10(18-11(17-9)19-16)20-6-4-2-1-3-5-7-20/h8H,1-7,16H2,(H,17,18,19). The first-order valence-electron chi connectivity index (χ1n) is 6.68. The molecule has 2 rings (SSSR count). The van der Waals surface area contributed by atoms with Gasteiger partial charge in [0, 0.05) is 19.2 Å². The Balaban J connectivity index is 2.29. The molecule has 5 nitrogen and oxygen atoms in total. The predicted molar refractivity (Wildman–Crippen MR) is 70.1 cm³/mol. The van der Waals surface area contributed by atoms with E-state index in [9.17, 15) is 13.2 Å². The molecule has 1 aliphatic heterocycles. The average Bonchev–Trinajstić information content (AvgIpc) is 2.36. The van der Waals surface area contributed by atoms with Gasteiger partial charge in [-0.3, -0.25) is 5.43 Å². The van der Waals surface area contributed by atoms with Gasteiger partial charge in [-0.25, -0.2) is 10.8 Å². The Morgan fingerprint density at radius 2 is 1.65 bits per heavy atom. The molecule has 0 radical (unpaired) electrons. The number of nitrogen functional groups attached to an aromatic ring is 1. The molecule has 112 valence electrons. The van der Waals surface area contributed by atoms with Gasteiger partial charge in [-0.2, -0.15) is 18.2 Å². The lowest BCUT2D eigenvalue weighted by molar-refractivity contribution is -0.141. The minimum Gasteiger partial charge on any atom is -0.356 e. The highest BCUT2D eigenvalue weighted by atomic mass is 19.4. The molecule has 0 aliphatic carbocycles. The average molecular weight is 289 g/mol. The molecule has 1 fully saturated rings. The van der Waals surface area contributed by atoms with Gasteiger partial charge in [0.25, 0.3) is 0 Å². The van der Waals surface area contributed by atoms with Gasteiger partial charge in [0.2, 0.25) is 5.95 Å². The molecule has 2 heterocycles. The number of aromatic nitrogens is 2. The van der Waals surface area contributed by atoms with Crippen molar-refractivity contribution in [3.8, 4) is 0 Å². The summed E-state index contributed by atoms with van der Waals surface area (Å²) in [6.07, 6.45) is 0.770. The number of alkyl halides is 3. The van der Waals surface area contributed by atoms with Gasteiger partial charge in [0.05, 0.1) is 0 Å². The summed E-state index contributed by atoms with van der Waals surface area (Å²) in [6, 6.07) is 0.989. The van der Waals surface area contributed by atoms with Crippen LogP contribution in [0.2, 0.25) is 0 Å². The van der Waals surface area contributed by atoms with Crippen molar-refractivity contribution in [1.82, 2.24) is 9.97 Å². The van der Waals surface area contributed by atoms with Crippen LogP contribution in [0.1, 0.15) is 37.8 Å². The van der Waals surface area contributed by atoms with E-state index in [4.69, 9.17) is 5.84 Å². The molecular weight excluding hydrogens is 271 g/mol. The van der Waals surface area contributed by atoms with E-state index in [0.29, 0.717) is 13.1 Å². The molecule has 0 spiro atoms. The number of halogens is 3. The number of nitrogens with one attached hydrogen (secondary N) is 1. The molecule has 8 heteroatoms. The van der Waals surface area contributed by atoms with Crippen molar-refractivity contribution in [1.29, 1.82) is 0 Å². The SMILES string of the molecule is NNc1nc(N2CCCCCCC2)cc(C(F)(F)F)n1. The first kappa shape index (κ1) is 14.8. The van der Waals surface area contributed by atoms with Crippen LogP contribution in [0.25, 0.3) is 0 Å². The molecule has 0 saturated carbocycles. The maximum absolute atomic E-state index is 12.8.